The quantitative estimate of drug-likeness (QED) is 0.0689. The Kier molecular flexibility index (Phi) is 10.3. The van der Waals surface area contributed by atoms with Gasteiger partial charge in [-0.2, -0.15) is 31.7 Å². The molecule has 0 N–H and O–H groups in total. The molecule has 0 fully saturated rings. The molecule has 0 unspecified atom stereocenters. The molecule has 0 aliphatic carbocycles. The largest absolute Gasteiger partial charge is 2.00 e. The van der Waals surface area contributed by atoms with Crippen molar-refractivity contribution in [2.45, 2.75) is 0 Å². The van der Waals surface area contributed by atoms with Gasteiger partial charge >= 0.3 is 40.8 Å². The van der Waals surface area contributed by atoms with E-state index < -0.39 is 23.5 Å². The van der Waals surface area contributed by atoms with Crippen LogP contribution in [0.5, 0.6) is 23.0 Å². The third-order valence-electron chi connectivity index (χ3n) is 7.26. The summed E-state index contributed by atoms with van der Waals surface area (Å²) < 4.78 is 69.0. The van der Waals surface area contributed by atoms with Crippen LogP contribution in [0.15, 0.2) is 97.6 Å². The SMILES string of the molecule is Fc1cc(F)nc(-c2[c-]c(Oc3[c-]c4c(cc3)c3ccc(Oc5[c-]c(-c6cc(F)cc(F)n6)ccc5)[c-]c3n4-c3ncncn3)ccc2)c1.[Pd+2].[Pd+2]. The minimum absolute atomic E-state index is 0. The molecule has 0 saturated carbocycles. The smallest absolute Gasteiger partial charge is 0.503 e. The predicted octanol–water partition coefficient (Wildman–Crippen LogP) is 8.43. The Balaban J connectivity index is 0.00000224. The molecular formula is C37H16F4N6O2Pd2. The monoisotopic (exact) mass is 864 g/mol. The van der Waals surface area contributed by atoms with Crippen LogP contribution in [0.4, 0.5) is 17.6 Å². The van der Waals surface area contributed by atoms with Gasteiger partial charge in [-0.15, -0.1) is 71.8 Å². The van der Waals surface area contributed by atoms with E-state index in [1.807, 2.05) is 12.1 Å². The van der Waals surface area contributed by atoms with Crippen molar-refractivity contribution in [3.63, 3.8) is 0 Å². The summed E-state index contributed by atoms with van der Waals surface area (Å²) in [4.78, 5) is 20.1. The van der Waals surface area contributed by atoms with Gasteiger partial charge in [0.05, 0.1) is 0 Å². The van der Waals surface area contributed by atoms with E-state index in [0.717, 1.165) is 22.9 Å². The van der Waals surface area contributed by atoms with Gasteiger partial charge in [0.1, 0.15) is 24.3 Å². The van der Waals surface area contributed by atoms with Gasteiger partial charge in [-0.3, -0.25) is 9.97 Å². The molecule has 4 aromatic carbocycles. The van der Waals surface area contributed by atoms with Crippen LogP contribution in [0.1, 0.15) is 0 Å². The number of rotatable bonds is 7. The van der Waals surface area contributed by atoms with Crippen molar-refractivity contribution >= 4 is 21.8 Å². The van der Waals surface area contributed by atoms with Crippen molar-refractivity contribution in [2.24, 2.45) is 0 Å². The Morgan fingerprint density at radius 1 is 0.529 bits per heavy atom. The first-order valence-electron chi connectivity index (χ1n) is 14.5. The molecule has 0 radical (unpaired) electrons. The van der Waals surface area contributed by atoms with E-state index in [1.54, 1.807) is 53.1 Å². The molecule has 0 atom stereocenters. The van der Waals surface area contributed by atoms with Crippen LogP contribution >= 0.6 is 0 Å². The van der Waals surface area contributed by atoms with Crippen LogP contribution in [0, 0.1) is 47.8 Å². The van der Waals surface area contributed by atoms with Crippen molar-refractivity contribution in [3.05, 3.63) is 145 Å². The number of aromatic nitrogens is 6. The van der Waals surface area contributed by atoms with Gasteiger partial charge in [0.2, 0.25) is 17.8 Å². The number of ether oxygens (including phenoxy) is 2. The van der Waals surface area contributed by atoms with E-state index >= 15 is 0 Å². The third-order valence-corrected chi connectivity index (χ3v) is 7.26. The van der Waals surface area contributed by atoms with E-state index in [0.29, 0.717) is 45.8 Å². The zero-order valence-corrected chi connectivity index (χ0v) is 28.5. The molecule has 254 valence electrons. The van der Waals surface area contributed by atoms with Gasteiger partial charge in [0, 0.05) is 35.1 Å². The maximum absolute atomic E-state index is 13.8. The summed E-state index contributed by atoms with van der Waals surface area (Å²) in [6.45, 7) is 0. The molecule has 0 spiro atoms. The van der Waals surface area contributed by atoms with E-state index in [9.17, 15) is 17.6 Å². The van der Waals surface area contributed by atoms with Crippen molar-refractivity contribution in [1.29, 1.82) is 0 Å². The molecular weight excluding hydrogens is 849 g/mol. The summed E-state index contributed by atoms with van der Waals surface area (Å²) in [6, 6.07) is 33.0. The Bertz CT molecular complexity index is 2340. The molecule has 8 nitrogen and oxygen atoms in total. The molecule has 4 aromatic heterocycles. The molecule has 8 rings (SSSR count). The first kappa shape index (κ1) is 35.5. The Morgan fingerprint density at radius 2 is 0.980 bits per heavy atom. The summed E-state index contributed by atoms with van der Waals surface area (Å²) in [5.41, 5.74) is 1.89. The minimum Gasteiger partial charge on any atom is -0.503 e. The molecule has 0 aliphatic heterocycles. The molecule has 0 aliphatic rings. The van der Waals surface area contributed by atoms with E-state index in [1.165, 1.54) is 12.7 Å². The molecule has 8 aromatic rings. The van der Waals surface area contributed by atoms with Crippen LogP contribution < -0.4 is 9.47 Å². The fraction of sp³-hybridized carbons (Fsp3) is 0. The maximum atomic E-state index is 13.8. The van der Waals surface area contributed by atoms with Gasteiger partial charge in [0.15, 0.2) is 0 Å². The fourth-order valence-corrected chi connectivity index (χ4v) is 5.25. The maximum Gasteiger partial charge on any atom is 2.00 e. The van der Waals surface area contributed by atoms with Gasteiger partial charge in [-0.25, -0.2) is 23.7 Å². The summed E-state index contributed by atoms with van der Waals surface area (Å²) in [7, 11) is 0. The molecule has 0 bridgehead atoms. The van der Waals surface area contributed by atoms with Gasteiger partial charge in [-0.05, 0) is 23.5 Å². The average molecular weight is 865 g/mol. The molecule has 14 heteroatoms. The van der Waals surface area contributed by atoms with Crippen molar-refractivity contribution < 1.29 is 67.9 Å². The Hall–Kier alpha value is -5.37. The fourth-order valence-electron chi connectivity index (χ4n) is 5.25. The van der Waals surface area contributed by atoms with Crippen molar-refractivity contribution in [2.75, 3.05) is 0 Å². The van der Waals surface area contributed by atoms with E-state index in [-0.39, 0.29) is 69.7 Å². The van der Waals surface area contributed by atoms with Crippen LogP contribution in [-0.2, 0) is 40.8 Å². The molecule has 0 saturated heterocycles. The van der Waals surface area contributed by atoms with Gasteiger partial charge in [0.25, 0.3) is 0 Å². The topological polar surface area (TPSA) is 87.8 Å². The number of benzene rings is 4. The van der Waals surface area contributed by atoms with Crippen molar-refractivity contribution in [1.82, 2.24) is 29.5 Å². The summed E-state index contributed by atoms with van der Waals surface area (Å²) in [5, 5.41) is 1.55. The number of hydrogen-bond donors (Lipinski definition) is 0. The number of nitrogens with zero attached hydrogens (tertiary/aromatic N) is 6. The zero-order chi connectivity index (χ0) is 33.5. The first-order valence-corrected chi connectivity index (χ1v) is 14.5. The third kappa shape index (κ3) is 7.41. The number of pyridine rings is 2. The van der Waals surface area contributed by atoms with Gasteiger partial charge in [-0.1, -0.05) is 23.2 Å². The number of fused-ring (bicyclic) bond motifs is 3. The second kappa shape index (κ2) is 14.9. The first-order chi connectivity index (χ1) is 23.9. The standard InChI is InChI=1S/C37H16F4N6O2.2Pd/c38-23-13-31(45-35(40)15-23)21-3-1-5-25(11-21)48-27-7-9-29-30-10-8-28(18-34(30)47(33(29)17-27)37-43-19-42-20-44-37)49-26-6-2-4-22(12-26)32-14-24(39)16-36(41)46-32;;/h1-10,13-16,19-20H;;/q-4;2*+2. The van der Waals surface area contributed by atoms with E-state index in [4.69, 9.17) is 9.47 Å². The summed E-state index contributed by atoms with van der Waals surface area (Å²) >= 11 is 0. The van der Waals surface area contributed by atoms with Gasteiger partial charge < -0.3 is 14.0 Å². The van der Waals surface area contributed by atoms with Crippen LogP contribution in [0.25, 0.3) is 50.3 Å². The summed E-state index contributed by atoms with van der Waals surface area (Å²) in [6.07, 6.45) is 2.71. The predicted molar refractivity (Wildman–Crippen MR) is 169 cm³/mol. The number of halogens is 4. The normalized spacial score (nSPS) is 10.8. The second-order valence-electron chi connectivity index (χ2n) is 10.5. The number of hydrogen-bond acceptors (Lipinski definition) is 7. The summed E-state index contributed by atoms with van der Waals surface area (Å²) in [5.74, 6) is -2.01. The molecule has 51 heavy (non-hydrogen) atoms. The van der Waals surface area contributed by atoms with Crippen LogP contribution in [-0.4, -0.2) is 29.5 Å². The molecule has 4 heterocycles. The Labute approximate surface area is 314 Å². The second-order valence-corrected chi connectivity index (χ2v) is 10.5. The Morgan fingerprint density at radius 3 is 1.43 bits per heavy atom. The zero-order valence-electron chi connectivity index (χ0n) is 25.4. The van der Waals surface area contributed by atoms with Crippen LogP contribution in [0.2, 0.25) is 0 Å². The van der Waals surface area contributed by atoms with Crippen LogP contribution in [0.3, 0.4) is 0 Å². The van der Waals surface area contributed by atoms with Crippen molar-refractivity contribution in [3.8, 4) is 51.5 Å². The molecule has 0 amide bonds. The van der Waals surface area contributed by atoms with E-state index in [2.05, 4.69) is 49.2 Å². The average Bonchev–Trinajstić information content (AvgIpc) is 3.41. The minimum atomic E-state index is -0.950.